The molecular formula is C15H11BrFN3O3. The van der Waals surface area contributed by atoms with E-state index in [2.05, 4.69) is 20.9 Å². The van der Waals surface area contributed by atoms with Crippen LogP contribution in [0, 0.1) is 5.95 Å². The van der Waals surface area contributed by atoms with E-state index in [-0.39, 0.29) is 12.1 Å². The Labute approximate surface area is 139 Å². The molecule has 2 amide bonds. The number of aromatic nitrogens is 1. The number of carbonyl (C=O) groups is 2. The molecule has 3 rings (SSSR count). The Kier molecular flexibility index (Phi) is 4.10. The van der Waals surface area contributed by atoms with Crippen LogP contribution in [-0.4, -0.2) is 38.5 Å². The smallest absolute Gasteiger partial charge is 0.267 e. The van der Waals surface area contributed by atoms with Crippen LogP contribution in [0.4, 0.5) is 4.39 Å². The number of hydrogen-bond acceptors (Lipinski definition) is 4. The predicted octanol–water partition coefficient (Wildman–Crippen LogP) is 2.36. The first-order valence-corrected chi connectivity index (χ1v) is 7.46. The molecule has 1 aromatic heterocycles. The van der Waals surface area contributed by atoms with Gasteiger partial charge in [-0.05, 0) is 29.8 Å². The van der Waals surface area contributed by atoms with Gasteiger partial charge in [-0.3, -0.25) is 14.8 Å². The summed E-state index contributed by atoms with van der Waals surface area (Å²) in [7, 11) is 0. The number of hydrogen-bond donors (Lipinski definition) is 1. The van der Waals surface area contributed by atoms with E-state index in [4.69, 9.17) is 0 Å². The van der Waals surface area contributed by atoms with E-state index in [1.54, 1.807) is 24.3 Å². The van der Waals surface area contributed by atoms with Gasteiger partial charge in [0.15, 0.2) is 6.17 Å². The minimum Gasteiger partial charge on any atom is -0.302 e. The van der Waals surface area contributed by atoms with Crippen LogP contribution in [0.15, 0.2) is 47.1 Å². The Morgan fingerprint density at radius 1 is 1.35 bits per heavy atom. The van der Waals surface area contributed by atoms with Gasteiger partial charge in [0.05, 0.1) is 5.56 Å². The number of nitrogens with zero attached hydrogens (tertiary/aromatic N) is 3. The van der Waals surface area contributed by atoms with Crippen LogP contribution in [0.5, 0.6) is 0 Å². The van der Waals surface area contributed by atoms with Gasteiger partial charge in [0.1, 0.15) is 6.54 Å². The fraction of sp³-hybridized carbons (Fsp3) is 0.133. The van der Waals surface area contributed by atoms with Crippen molar-refractivity contribution < 1.29 is 19.2 Å². The van der Waals surface area contributed by atoms with E-state index in [1.807, 2.05) is 0 Å². The number of hydroxylamine groups is 2. The van der Waals surface area contributed by atoms with Gasteiger partial charge < -0.3 is 4.90 Å². The molecule has 0 aliphatic carbocycles. The Hall–Kier alpha value is -2.32. The summed E-state index contributed by atoms with van der Waals surface area (Å²) in [6, 6.07) is 9.54. The SMILES string of the molecule is O=C1CN(C(=O)c2cccnc2F)C(c2cccc(Br)c2)N1O. The lowest BCUT2D eigenvalue weighted by Gasteiger charge is -2.26. The van der Waals surface area contributed by atoms with Crippen LogP contribution in [0.3, 0.4) is 0 Å². The van der Waals surface area contributed by atoms with Gasteiger partial charge in [0.2, 0.25) is 5.95 Å². The fourth-order valence-electron chi connectivity index (χ4n) is 2.44. The molecular weight excluding hydrogens is 369 g/mol. The summed E-state index contributed by atoms with van der Waals surface area (Å²) in [6.07, 6.45) is 0.206. The lowest BCUT2D eigenvalue weighted by atomic mass is 10.1. The van der Waals surface area contributed by atoms with Crippen LogP contribution in [0.2, 0.25) is 0 Å². The zero-order chi connectivity index (χ0) is 16.6. The molecule has 1 N–H and O–H groups in total. The van der Waals surface area contributed by atoms with Crippen LogP contribution in [-0.2, 0) is 4.79 Å². The summed E-state index contributed by atoms with van der Waals surface area (Å²) in [6.45, 7) is -0.346. The van der Waals surface area contributed by atoms with E-state index in [0.29, 0.717) is 10.6 Å². The molecule has 1 atom stereocenters. The van der Waals surface area contributed by atoms with Crippen molar-refractivity contribution in [2.45, 2.75) is 6.17 Å². The lowest BCUT2D eigenvalue weighted by molar-refractivity contribution is -0.168. The van der Waals surface area contributed by atoms with Crippen molar-refractivity contribution in [3.8, 4) is 0 Å². The fourth-order valence-corrected chi connectivity index (χ4v) is 2.86. The molecule has 8 heteroatoms. The topological polar surface area (TPSA) is 73.7 Å². The number of amides is 2. The molecule has 1 aliphatic rings. The summed E-state index contributed by atoms with van der Waals surface area (Å²) in [5.41, 5.74) is 0.265. The molecule has 23 heavy (non-hydrogen) atoms. The normalized spacial score (nSPS) is 17.7. The zero-order valence-electron chi connectivity index (χ0n) is 11.7. The van der Waals surface area contributed by atoms with Gasteiger partial charge in [0.25, 0.3) is 11.8 Å². The van der Waals surface area contributed by atoms with Crippen molar-refractivity contribution >= 4 is 27.7 Å². The average Bonchev–Trinajstić information content (AvgIpc) is 2.83. The predicted molar refractivity (Wildman–Crippen MR) is 80.7 cm³/mol. The van der Waals surface area contributed by atoms with E-state index in [9.17, 15) is 19.2 Å². The first-order chi connectivity index (χ1) is 11.0. The molecule has 0 saturated carbocycles. The van der Waals surface area contributed by atoms with Crippen molar-refractivity contribution in [3.63, 3.8) is 0 Å². The molecule has 1 unspecified atom stereocenters. The standard InChI is InChI=1S/C15H11BrFN3O3/c16-10-4-1-3-9(7-10)14-19(8-12(21)20(14)23)15(22)11-5-2-6-18-13(11)17/h1-7,14,23H,8H2. The maximum absolute atomic E-state index is 13.8. The molecule has 2 heterocycles. The number of rotatable bonds is 2. The Balaban J connectivity index is 2.01. The molecule has 0 bridgehead atoms. The number of halogens is 2. The summed E-state index contributed by atoms with van der Waals surface area (Å²) in [5.74, 6) is -2.28. The van der Waals surface area contributed by atoms with E-state index in [1.165, 1.54) is 18.3 Å². The highest BCUT2D eigenvalue weighted by Gasteiger charge is 2.42. The van der Waals surface area contributed by atoms with Gasteiger partial charge in [-0.2, -0.15) is 9.45 Å². The van der Waals surface area contributed by atoms with Gasteiger partial charge in [-0.15, -0.1) is 0 Å². The number of benzene rings is 1. The van der Waals surface area contributed by atoms with Crippen molar-refractivity contribution in [2.75, 3.05) is 6.54 Å². The minimum atomic E-state index is -1.02. The third kappa shape index (κ3) is 2.82. The van der Waals surface area contributed by atoms with E-state index >= 15 is 0 Å². The number of carbonyl (C=O) groups excluding carboxylic acids is 2. The van der Waals surface area contributed by atoms with E-state index in [0.717, 1.165) is 9.37 Å². The van der Waals surface area contributed by atoms with Crippen molar-refractivity contribution in [1.82, 2.24) is 14.9 Å². The third-order valence-electron chi connectivity index (χ3n) is 3.49. The summed E-state index contributed by atoms with van der Waals surface area (Å²) >= 11 is 3.30. The summed E-state index contributed by atoms with van der Waals surface area (Å²) in [4.78, 5) is 28.9. The van der Waals surface area contributed by atoms with Crippen molar-refractivity contribution in [1.29, 1.82) is 0 Å². The lowest BCUT2D eigenvalue weighted by Crippen LogP contribution is -2.34. The minimum absolute atomic E-state index is 0.254. The first kappa shape index (κ1) is 15.6. The maximum atomic E-state index is 13.8. The highest BCUT2D eigenvalue weighted by atomic mass is 79.9. The van der Waals surface area contributed by atoms with Gasteiger partial charge in [-0.1, -0.05) is 28.1 Å². The van der Waals surface area contributed by atoms with Crippen LogP contribution in [0.1, 0.15) is 22.1 Å². The van der Waals surface area contributed by atoms with Crippen LogP contribution < -0.4 is 0 Å². The molecule has 0 spiro atoms. The Bertz CT molecular complexity index is 786. The molecule has 1 fully saturated rings. The third-order valence-corrected chi connectivity index (χ3v) is 3.98. The van der Waals surface area contributed by atoms with E-state index < -0.39 is 23.9 Å². The van der Waals surface area contributed by atoms with Gasteiger partial charge in [0, 0.05) is 10.7 Å². The average molecular weight is 380 g/mol. The zero-order valence-corrected chi connectivity index (χ0v) is 13.3. The van der Waals surface area contributed by atoms with Crippen molar-refractivity contribution in [2.24, 2.45) is 0 Å². The largest absolute Gasteiger partial charge is 0.302 e. The summed E-state index contributed by atoms with van der Waals surface area (Å²) < 4.78 is 14.5. The molecule has 1 aromatic carbocycles. The molecule has 6 nitrogen and oxygen atoms in total. The van der Waals surface area contributed by atoms with Crippen LogP contribution in [0.25, 0.3) is 0 Å². The molecule has 2 aromatic rings. The Morgan fingerprint density at radius 3 is 2.83 bits per heavy atom. The maximum Gasteiger partial charge on any atom is 0.267 e. The van der Waals surface area contributed by atoms with Crippen LogP contribution >= 0.6 is 15.9 Å². The monoisotopic (exact) mass is 379 g/mol. The molecule has 0 radical (unpaired) electrons. The second-order valence-electron chi connectivity index (χ2n) is 4.94. The van der Waals surface area contributed by atoms with Crippen molar-refractivity contribution in [3.05, 3.63) is 64.1 Å². The Morgan fingerprint density at radius 2 is 2.13 bits per heavy atom. The van der Waals surface area contributed by atoms with Gasteiger partial charge >= 0.3 is 0 Å². The quantitative estimate of drug-likeness (QED) is 0.641. The highest BCUT2D eigenvalue weighted by Crippen LogP contribution is 2.32. The summed E-state index contributed by atoms with van der Waals surface area (Å²) in [5, 5.41) is 10.5. The molecule has 118 valence electrons. The van der Waals surface area contributed by atoms with Gasteiger partial charge in [-0.25, -0.2) is 4.98 Å². The molecule has 1 aliphatic heterocycles. The second-order valence-corrected chi connectivity index (χ2v) is 5.86. The molecule has 1 saturated heterocycles. The second kappa shape index (κ2) is 6.05. The highest BCUT2D eigenvalue weighted by molar-refractivity contribution is 9.10. The first-order valence-electron chi connectivity index (χ1n) is 6.67. The number of pyridine rings is 1.